The maximum absolute atomic E-state index is 13.0. The molecule has 0 spiro atoms. The van der Waals surface area contributed by atoms with Crippen LogP contribution in [0.25, 0.3) is 0 Å². The number of halogens is 2. The molecule has 1 aromatic carbocycles. The molecule has 0 aliphatic heterocycles. The fourth-order valence-corrected chi connectivity index (χ4v) is 2.84. The first-order valence-corrected chi connectivity index (χ1v) is 8.02. The molecule has 22 heavy (non-hydrogen) atoms. The predicted octanol–water partition coefficient (Wildman–Crippen LogP) is 3.46. The first-order chi connectivity index (χ1) is 10.4. The number of nitrogens with one attached hydrogen (secondary N) is 1. The summed E-state index contributed by atoms with van der Waals surface area (Å²) in [5, 5.41) is 11.5. The smallest absolute Gasteiger partial charge is 0.197 e. The third-order valence-electron chi connectivity index (χ3n) is 2.65. The third-order valence-corrected chi connectivity index (χ3v) is 4.48. The summed E-state index contributed by atoms with van der Waals surface area (Å²) in [7, 11) is -3.85. The summed E-state index contributed by atoms with van der Waals surface area (Å²) >= 11 is 5.62. The average molecular weight is 341 g/mol. The van der Waals surface area contributed by atoms with Crippen LogP contribution in [-0.2, 0) is 15.6 Å². The van der Waals surface area contributed by atoms with E-state index in [9.17, 15) is 12.8 Å². The normalized spacial score (nSPS) is 12.0. The number of sulfone groups is 1. The van der Waals surface area contributed by atoms with Crippen LogP contribution in [-0.4, -0.2) is 8.42 Å². The van der Waals surface area contributed by atoms with E-state index >= 15 is 0 Å². The van der Waals surface area contributed by atoms with Crippen molar-refractivity contribution in [2.75, 3.05) is 5.32 Å². The second-order valence-corrected chi connectivity index (χ2v) is 6.60. The topological polar surface area (TPSA) is 83.1 Å². The second kappa shape index (κ2) is 6.64. The van der Waals surface area contributed by atoms with E-state index in [0.717, 1.165) is 12.3 Å². The maximum atomic E-state index is 13.0. The van der Waals surface area contributed by atoms with E-state index in [-0.39, 0.29) is 10.8 Å². The summed E-state index contributed by atoms with van der Waals surface area (Å²) in [6.07, 6.45) is 2.38. The van der Waals surface area contributed by atoms with Gasteiger partial charge in [-0.25, -0.2) is 12.8 Å². The molecule has 0 radical (unpaired) electrons. The standard InChI is InChI=1S/C14H10ClFN2O3S/c15-13-6-10(3-4-14(13)16)18-8-12(7-17)22(19,20)9-11-2-1-5-21-11/h1-6,8,18H,9H2/b12-8-. The zero-order chi connectivity index (χ0) is 16.2. The molecule has 2 aromatic rings. The van der Waals surface area contributed by atoms with Crippen molar-refractivity contribution in [3.8, 4) is 6.07 Å². The monoisotopic (exact) mass is 340 g/mol. The molecule has 8 heteroatoms. The molecule has 0 fully saturated rings. The number of benzene rings is 1. The van der Waals surface area contributed by atoms with E-state index in [0.29, 0.717) is 5.69 Å². The predicted molar refractivity (Wildman–Crippen MR) is 80.1 cm³/mol. The van der Waals surface area contributed by atoms with Gasteiger partial charge in [-0.15, -0.1) is 0 Å². The van der Waals surface area contributed by atoms with Crippen LogP contribution in [0.5, 0.6) is 0 Å². The molecule has 0 atom stereocenters. The number of hydrogen-bond donors (Lipinski definition) is 1. The van der Waals surface area contributed by atoms with E-state index < -0.39 is 26.3 Å². The third kappa shape index (κ3) is 3.87. The van der Waals surface area contributed by atoms with Crippen molar-refractivity contribution >= 4 is 27.1 Å². The average Bonchev–Trinajstić information content (AvgIpc) is 2.95. The van der Waals surface area contributed by atoms with Gasteiger partial charge >= 0.3 is 0 Å². The Labute approximate surface area is 131 Å². The first-order valence-electron chi connectivity index (χ1n) is 5.99. The highest BCUT2D eigenvalue weighted by Gasteiger charge is 2.20. The van der Waals surface area contributed by atoms with Gasteiger partial charge in [-0.05, 0) is 30.3 Å². The summed E-state index contributed by atoms with van der Waals surface area (Å²) in [6, 6.07) is 8.44. The minimum absolute atomic E-state index is 0.115. The van der Waals surface area contributed by atoms with Gasteiger partial charge in [-0.2, -0.15) is 5.26 Å². The minimum Gasteiger partial charge on any atom is -0.468 e. The molecule has 0 aliphatic rings. The molecule has 1 heterocycles. The van der Waals surface area contributed by atoms with Gasteiger partial charge < -0.3 is 9.73 Å². The van der Waals surface area contributed by atoms with E-state index in [1.807, 2.05) is 0 Å². The van der Waals surface area contributed by atoms with Crippen LogP contribution in [0, 0.1) is 17.1 Å². The Morgan fingerprint density at radius 2 is 2.23 bits per heavy atom. The number of allylic oxidation sites excluding steroid dienone is 1. The van der Waals surface area contributed by atoms with E-state index in [1.165, 1.54) is 24.5 Å². The van der Waals surface area contributed by atoms with Crippen LogP contribution >= 0.6 is 11.6 Å². The SMILES string of the molecule is N#C/C(=C/Nc1ccc(F)c(Cl)c1)S(=O)(=O)Cc1ccco1. The van der Waals surface area contributed by atoms with Crippen LogP contribution in [0.2, 0.25) is 5.02 Å². The maximum Gasteiger partial charge on any atom is 0.197 e. The summed E-state index contributed by atoms with van der Waals surface area (Å²) in [5.74, 6) is -0.793. The molecular formula is C14H10ClFN2O3S. The molecule has 0 unspecified atom stereocenters. The van der Waals surface area contributed by atoms with Gasteiger partial charge in [-0.1, -0.05) is 11.6 Å². The summed E-state index contributed by atoms with van der Waals surface area (Å²) in [6.45, 7) is 0. The molecule has 5 nitrogen and oxygen atoms in total. The van der Waals surface area contributed by atoms with Crippen molar-refractivity contribution in [1.82, 2.24) is 0 Å². The highest BCUT2D eigenvalue weighted by atomic mass is 35.5. The molecule has 0 saturated heterocycles. The zero-order valence-electron chi connectivity index (χ0n) is 11.1. The highest BCUT2D eigenvalue weighted by Crippen LogP contribution is 2.20. The number of anilines is 1. The van der Waals surface area contributed by atoms with Gasteiger partial charge in [0.1, 0.15) is 23.4 Å². The zero-order valence-corrected chi connectivity index (χ0v) is 12.7. The van der Waals surface area contributed by atoms with Crippen molar-refractivity contribution in [2.45, 2.75) is 5.75 Å². The summed E-state index contributed by atoms with van der Waals surface area (Å²) in [4.78, 5) is -0.468. The van der Waals surface area contributed by atoms with Crippen LogP contribution in [0.4, 0.5) is 10.1 Å². The lowest BCUT2D eigenvalue weighted by molar-refractivity contribution is 0.522. The van der Waals surface area contributed by atoms with Gasteiger partial charge in [0.05, 0.1) is 11.3 Å². The van der Waals surface area contributed by atoms with Gasteiger partial charge in [0, 0.05) is 11.9 Å². The Kier molecular flexibility index (Phi) is 4.85. The first kappa shape index (κ1) is 16.1. The van der Waals surface area contributed by atoms with Crippen molar-refractivity contribution < 1.29 is 17.2 Å². The molecule has 0 aliphatic carbocycles. The Balaban J connectivity index is 2.20. The van der Waals surface area contributed by atoms with Gasteiger partial charge in [0.15, 0.2) is 14.7 Å². The summed E-state index contributed by atoms with van der Waals surface area (Å²) in [5.41, 5.74) is 0.354. The lowest BCUT2D eigenvalue weighted by Crippen LogP contribution is -2.07. The van der Waals surface area contributed by atoms with Gasteiger partial charge in [-0.3, -0.25) is 0 Å². The Hall–Kier alpha value is -2.30. The van der Waals surface area contributed by atoms with Crippen LogP contribution in [0.15, 0.2) is 52.1 Å². The number of furan rings is 1. The van der Waals surface area contributed by atoms with Crippen molar-refractivity contribution in [3.05, 3.63) is 64.3 Å². The Morgan fingerprint density at radius 3 is 2.82 bits per heavy atom. The van der Waals surface area contributed by atoms with Crippen LogP contribution < -0.4 is 5.32 Å². The summed E-state index contributed by atoms with van der Waals surface area (Å²) < 4.78 is 42.2. The van der Waals surface area contributed by atoms with E-state index in [2.05, 4.69) is 5.32 Å². The molecule has 114 valence electrons. The van der Waals surface area contributed by atoms with Crippen LogP contribution in [0.3, 0.4) is 0 Å². The number of rotatable bonds is 5. The Morgan fingerprint density at radius 1 is 1.45 bits per heavy atom. The molecule has 1 N–H and O–H groups in total. The molecule has 2 rings (SSSR count). The molecule has 0 saturated carbocycles. The molecule has 0 bridgehead atoms. The number of nitriles is 1. The Bertz CT molecular complexity index is 839. The fourth-order valence-electron chi connectivity index (χ4n) is 1.59. The van der Waals surface area contributed by atoms with Crippen molar-refractivity contribution in [3.63, 3.8) is 0 Å². The second-order valence-electron chi connectivity index (χ2n) is 4.23. The molecule has 0 amide bonds. The van der Waals surface area contributed by atoms with E-state index in [4.69, 9.17) is 21.3 Å². The van der Waals surface area contributed by atoms with Crippen molar-refractivity contribution in [2.24, 2.45) is 0 Å². The number of nitrogens with zero attached hydrogens (tertiary/aromatic N) is 1. The number of hydrogen-bond acceptors (Lipinski definition) is 5. The minimum atomic E-state index is -3.85. The van der Waals surface area contributed by atoms with Crippen molar-refractivity contribution in [1.29, 1.82) is 5.26 Å². The fraction of sp³-hybridized carbons (Fsp3) is 0.0714. The van der Waals surface area contributed by atoms with E-state index in [1.54, 1.807) is 12.1 Å². The van der Waals surface area contributed by atoms with Gasteiger partial charge in [0.25, 0.3) is 0 Å². The van der Waals surface area contributed by atoms with Crippen LogP contribution in [0.1, 0.15) is 5.76 Å². The molecule has 1 aromatic heterocycles. The molecular weight excluding hydrogens is 331 g/mol. The largest absolute Gasteiger partial charge is 0.468 e. The highest BCUT2D eigenvalue weighted by molar-refractivity contribution is 7.94. The quantitative estimate of drug-likeness (QED) is 0.843. The van der Waals surface area contributed by atoms with Gasteiger partial charge in [0.2, 0.25) is 0 Å². The lowest BCUT2D eigenvalue weighted by atomic mass is 10.3. The lowest BCUT2D eigenvalue weighted by Gasteiger charge is -2.04.